The molecule has 0 radical (unpaired) electrons. The fourth-order valence-corrected chi connectivity index (χ4v) is 6.62. The van der Waals surface area contributed by atoms with Crippen LogP contribution in [0.5, 0.6) is 0 Å². The summed E-state index contributed by atoms with van der Waals surface area (Å²) in [7, 11) is -4.67. The molecule has 9 nitrogen and oxygen atoms in total. The minimum absolute atomic E-state index is 0. The Hall–Kier alpha value is -1.28. The number of anilines is 1. The number of carbonyl (C=O) groups excluding carboxylic acids is 2. The summed E-state index contributed by atoms with van der Waals surface area (Å²) in [6.45, 7) is 12.4. The van der Waals surface area contributed by atoms with Gasteiger partial charge in [0.2, 0.25) is 5.69 Å². The van der Waals surface area contributed by atoms with Crippen molar-refractivity contribution in [1.29, 1.82) is 0 Å². The van der Waals surface area contributed by atoms with Gasteiger partial charge in [0.05, 0.1) is 10.3 Å². The van der Waals surface area contributed by atoms with Crippen molar-refractivity contribution in [2.24, 2.45) is 0 Å². The number of aryl methyl sites for hydroxylation is 1. The minimum atomic E-state index is -4.67. The van der Waals surface area contributed by atoms with Gasteiger partial charge in [-0.15, -0.1) is 0 Å². The smallest absolute Gasteiger partial charge is 0.744 e. The molecule has 0 saturated carbocycles. The van der Waals surface area contributed by atoms with E-state index in [1.54, 1.807) is 0 Å². The van der Waals surface area contributed by atoms with Crippen molar-refractivity contribution in [2.45, 2.75) is 70.1 Å². The second kappa shape index (κ2) is 17.8. The molecule has 0 saturated heterocycles. The molecule has 0 aromatic heterocycles. The molecule has 13 heteroatoms. The molecule has 0 spiro atoms. The second-order valence-electron chi connectivity index (χ2n) is 12.5. The summed E-state index contributed by atoms with van der Waals surface area (Å²) >= 11 is 0. The molecular formula is C35H38N2Na3O7S+. The number of allylic oxidation sites excluding steroid dienone is 8. The number of rotatable bonds is 11. The van der Waals surface area contributed by atoms with Crippen molar-refractivity contribution in [3.63, 3.8) is 0 Å². The van der Waals surface area contributed by atoms with E-state index >= 15 is 0 Å². The number of hydrogen-bond acceptors (Lipinski definition) is 8. The van der Waals surface area contributed by atoms with Gasteiger partial charge in [0, 0.05) is 65.8 Å². The fourth-order valence-electron chi connectivity index (χ4n) is 6.12. The van der Waals surface area contributed by atoms with Crippen LogP contribution in [0.25, 0.3) is 0 Å². The first-order chi connectivity index (χ1) is 20.9. The molecule has 2 aromatic carbocycles. The maximum Gasteiger partial charge on any atom is 1.00 e. The SMILES string of the molecule is CC(C=CC=C1N(CCC(=O)[O-])c2ccc(C)cc2C1(C)C)=CC=CC1=[N+](CCC(=O)[O-])c2ccc(S(=O)(=O)[O-])cc2C1(C)C.[Na+].[Na+].[Na+]. The second-order valence-corrected chi connectivity index (χ2v) is 13.9. The van der Waals surface area contributed by atoms with Crippen molar-refractivity contribution in [3.05, 3.63) is 101 Å². The molecule has 0 amide bonds. The number of nitrogens with zero attached hydrogens (tertiary/aromatic N) is 2. The Morgan fingerprint density at radius 2 is 1.54 bits per heavy atom. The van der Waals surface area contributed by atoms with Crippen LogP contribution >= 0.6 is 0 Å². The first-order valence-corrected chi connectivity index (χ1v) is 16.1. The van der Waals surface area contributed by atoms with Crippen molar-refractivity contribution in [2.75, 3.05) is 18.0 Å². The van der Waals surface area contributed by atoms with Gasteiger partial charge in [0.1, 0.15) is 10.1 Å². The molecule has 2 aromatic rings. The van der Waals surface area contributed by atoms with Crippen molar-refractivity contribution < 1.29 is 126 Å². The van der Waals surface area contributed by atoms with Crippen molar-refractivity contribution >= 4 is 39.1 Å². The predicted molar refractivity (Wildman–Crippen MR) is 168 cm³/mol. The Balaban J connectivity index is 0.00000384. The standard InChI is InChI=1S/C35H40N2O7S.3Na/c1-23(9-7-11-30-34(3,4)26-21-24(2)13-15-28(26)36(30)19-17-32(38)39)10-8-12-31-35(5,6)27-22-25(45(42,43)44)14-16-29(27)37(31)20-18-33(40)41;;;/h7-16,21-22H,17-20H2,1-6H3,(H2-,38,39,40,41,42,43,44);;;/q;3*+1/p-2. The summed E-state index contributed by atoms with van der Waals surface area (Å²) in [4.78, 5) is 24.3. The summed E-state index contributed by atoms with van der Waals surface area (Å²) in [6.07, 6.45) is 11.1. The van der Waals surface area contributed by atoms with Crippen LogP contribution in [-0.4, -0.2) is 48.3 Å². The third-order valence-corrected chi connectivity index (χ3v) is 9.34. The molecule has 2 aliphatic rings. The number of benzene rings is 2. The molecule has 238 valence electrons. The first-order valence-electron chi connectivity index (χ1n) is 14.7. The quantitative estimate of drug-likeness (QED) is 0.0978. The van der Waals surface area contributed by atoms with E-state index in [1.807, 2.05) is 85.8 Å². The number of carbonyl (C=O) groups is 2. The normalized spacial score (nSPS) is 17.2. The maximum atomic E-state index is 11.7. The number of carboxylic acids is 2. The van der Waals surface area contributed by atoms with Crippen LogP contribution in [0.3, 0.4) is 0 Å². The van der Waals surface area contributed by atoms with E-state index in [0.717, 1.165) is 33.8 Å². The van der Waals surface area contributed by atoms with Gasteiger partial charge in [-0.25, -0.2) is 8.42 Å². The van der Waals surface area contributed by atoms with Gasteiger partial charge in [0.25, 0.3) is 0 Å². The number of aliphatic carboxylic acids is 2. The summed E-state index contributed by atoms with van der Waals surface area (Å²) in [5, 5.41) is 22.6. The predicted octanol–water partition coefficient (Wildman–Crippen LogP) is -5.69. The molecule has 0 fully saturated rings. The topological polar surface area (TPSA) is 144 Å². The van der Waals surface area contributed by atoms with E-state index in [2.05, 4.69) is 19.9 Å². The van der Waals surface area contributed by atoms with E-state index < -0.39 is 27.5 Å². The van der Waals surface area contributed by atoms with Gasteiger partial charge in [-0.05, 0) is 57.5 Å². The average Bonchev–Trinajstić information content (AvgIpc) is 3.28. The zero-order valence-electron chi connectivity index (χ0n) is 29.4. The molecule has 2 heterocycles. The Bertz CT molecular complexity index is 1820. The summed E-state index contributed by atoms with van der Waals surface area (Å²) < 4.78 is 36.9. The van der Waals surface area contributed by atoms with Gasteiger partial charge in [0.15, 0.2) is 12.3 Å². The largest absolute Gasteiger partial charge is 1.00 e. The maximum absolute atomic E-state index is 11.7. The zero-order chi connectivity index (χ0) is 33.3. The van der Waals surface area contributed by atoms with Crippen LogP contribution in [0.2, 0.25) is 0 Å². The van der Waals surface area contributed by atoms with Gasteiger partial charge < -0.3 is 29.3 Å². The molecule has 0 N–H and O–H groups in total. The minimum Gasteiger partial charge on any atom is -0.744 e. The van der Waals surface area contributed by atoms with Crippen LogP contribution in [0.4, 0.5) is 11.4 Å². The van der Waals surface area contributed by atoms with E-state index in [1.165, 1.54) is 18.2 Å². The van der Waals surface area contributed by atoms with Gasteiger partial charge in [-0.1, -0.05) is 61.4 Å². The van der Waals surface area contributed by atoms with E-state index in [4.69, 9.17) is 0 Å². The molecular weight excluding hydrogens is 661 g/mol. The van der Waals surface area contributed by atoms with Gasteiger partial charge in [-0.2, -0.15) is 4.58 Å². The molecule has 4 rings (SSSR count). The molecule has 0 bridgehead atoms. The molecule has 0 atom stereocenters. The average molecular weight is 700 g/mol. The van der Waals surface area contributed by atoms with Crippen LogP contribution in [0, 0.1) is 6.92 Å². The zero-order valence-corrected chi connectivity index (χ0v) is 36.2. The van der Waals surface area contributed by atoms with Crippen molar-refractivity contribution in [3.8, 4) is 0 Å². The number of fused-ring (bicyclic) bond motifs is 2. The van der Waals surface area contributed by atoms with Crippen LogP contribution in [0.1, 0.15) is 64.2 Å². The van der Waals surface area contributed by atoms with E-state index in [0.29, 0.717) is 17.8 Å². The number of hydrogen-bond donors (Lipinski definition) is 0. The summed E-state index contributed by atoms with van der Waals surface area (Å²) in [5.41, 5.74) is 6.10. The van der Waals surface area contributed by atoms with Crippen molar-refractivity contribution in [1.82, 2.24) is 0 Å². The Labute approximate surface area is 350 Å². The fraction of sp³-hybridized carbons (Fsp3) is 0.343. The Morgan fingerprint density at radius 1 is 0.896 bits per heavy atom. The van der Waals surface area contributed by atoms with Crippen LogP contribution < -0.4 is 104 Å². The van der Waals surface area contributed by atoms with Crippen LogP contribution in [0.15, 0.2) is 89.0 Å². The number of carboxylic acid groups (broad SMARTS) is 2. The molecule has 0 unspecified atom stereocenters. The summed E-state index contributed by atoms with van der Waals surface area (Å²) in [5.74, 6) is -2.31. The Kier molecular flexibility index (Phi) is 16.6. The van der Waals surface area contributed by atoms with Gasteiger partial charge >= 0.3 is 88.7 Å². The molecule has 48 heavy (non-hydrogen) atoms. The van der Waals surface area contributed by atoms with E-state index in [-0.39, 0.29) is 118 Å². The molecule has 2 aliphatic heterocycles. The van der Waals surface area contributed by atoms with E-state index in [9.17, 15) is 32.8 Å². The summed E-state index contributed by atoms with van der Waals surface area (Å²) in [6, 6.07) is 10.3. The van der Waals surface area contributed by atoms with Gasteiger partial charge in [-0.3, -0.25) is 0 Å². The third kappa shape index (κ3) is 9.94. The first kappa shape index (κ1) is 44.7. The Morgan fingerprint density at radius 3 is 2.15 bits per heavy atom. The van der Waals surface area contributed by atoms with Crippen LogP contribution in [-0.2, 0) is 30.5 Å². The third-order valence-electron chi connectivity index (χ3n) is 8.50. The monoisotopic (exact) mass is 699 g/mol. The molecule has 0 aliphatic carbocycles.